The molecule has 0 spiro atoms. The minimum atomic E-state index is 0.276. The molecular weight excluding hydrogens is 236 g/mol. The summed E-state index contributed by atoms with van der Waals surface area (Å²) in [6.45, 7) is 9.28. The molecule has 0 N–H and O–H groups in total. The number of likely N-dealkylation sites (tertiary alicyclic amines) is 1. The molecule has 0 aromatic rings. The van der Waals surface area contributed by atoms with Gasteiger partial charge in [-0.2, -0.15) is 0 Å². The Morgan fingerprint density at radius 2 is 2.00 bits per heavy atom. The molecule has 1 amide bonds. The van der Waals surface area contributed by atoms with E-state index in [0.29, 0.717) is 18.9 Å². The van der Waals surface area contributed by atoms with Crippen molar-refractivity contribution in [1.82, 2.24) is 9.80 Å². The molecule has 1 rings (SSSR count). The second kappa shape index (κ2) is 8.22. The summed E-state index contributed by atoms with van der Waals surface area (Å²) in [5.41, 5.74) is 0. The van der Waals surface area contributed by atoms with Crippen molar-refractivity contribution in [1.29, 1.82) is 0 Å². The van der Waals surface area contributed by atoms with Gasteiger partial charge in [0.05, 0.1) is 0 Å². The molecule has 0 unspecified atom stereocenters. The average Bonchev–Trinajstić information content (AvgIpc) is 2.39. The Morgan fingerprint density at radius 1 is 1.37 bits per heavy atom. The molecule has 1 heterocycles. The maximum absolute atomic E-state index is 12.0. The third-order valence-corrected chi connectivity index (χ3v) is 4.04. The van der Waals surface area contributed by atoms with Gasteiger partial charge in [0.15, 0.2) is 0 Å². The van der Waals surface area contributed by atoms with E-state index in [1.165, 1.54) is 0 Å². The Balaban J connectivity index is 2.27. The lowest BCUT2D eigenvalue weighted by Gasteiger charge is -2.35. The molecular formula is C16H28N2O. The zero-order chi connectivity index (χ0) is 14.3. The quantitative estimate of drug-likeness (QED) is 0.712. The van der Waals surface area contributed by atoms with E-state index < -0.39 is 0 Å². The van der Waals surface area contributed by atoms with Crippen molar-refractivity contribution in [3.63, 3.8) is 0 Å². The zero-order valence-corrected chi connectivity index (χ0v) is 12.9. The van der Waals surface area contributed by atoms with Crippen LogP contribution in [-0.4, -0.2) is 48.4 Å². The first-order valence-corrected chi connectivity index (χ1v) is 7.42. The lowest BCUT2D eigenvalue weighted by atomic mass is 9.95. The summed E-state index contributed by atoms with van der Waals surface area (Å²) in [6.07, 6.45) is 3.56. The first kappa shape index (κ1) is 16.0. The Morgan fingerprint density at radius 3 is 2.53 bits per heavy atom. The van der Waals surface area contributed by atoms with Crippen LogP contribution in [0.2, 0.25) is 0 Å². The molecule has 19 heavy (non-hydrogen) atoms. The van der Waals surface area contributed by atoms with Gasteiger partial charge in [0.2, 0.25) is 5.91 Å². The van der Waals surface area contributed by atoms with Crippen LogP contribution in [0.25, 0.3) is 0 Å². The van der Waals surface area contributed by atoms with Gasteiger partial charge in [-0.3, -0.25) is 4.79 Å². The molecule has 0 bridgehead atoms. The monoisotopic (exact) mass is 264 g/mol. The topological polar surface area (TPSA) is 23.6 Å². The number of hydrogen-bond acceptors (Lipinski definition) is 2. The van der Waals surface area contributed by atoms with Crippen molar-refractivity contribution < 1.29 is 4.79 Å². The number of hydrogen-bond donors (Lipinski definition) is 0. The average molecular weight is 264 g/mol. The molecule has 3 heteroatoms. The van der Waals surface area contributed by atoms with Gasteiger partial charge in [0, 0.05) is 38.5 Å². The van der Waals surface area contributed by atoms with Gasteiger partial charge in [-0.05, 0) is 46.6 Å². The van der Waals surface area contributed by atoms with E-state index in [0.717, 1.165) is 38.4 Å². The van der Waals surface area contributed by atoms with Crippen LogP contribution in [-0.2, 0) is 4.79 Å². The van der Waals surface area contributed by atoms with Crippen LogP contribution >= 0.6 is 0 Å². The molecule has 0 aliphatic carbocycles. The second-order valence-corrected chi connectivity index (χ2v) is 5.78. The summed E-state index contributed by atoms with van der Waals surface area (Å²) < 4.78 is 0. The van der Waals surface area contributed by atoms with E-state index in [1.807, 2.05) is 11.8 Å². The molecule has 3 nitrogen and oxygen atoms in total. The summed E-state index contributed by atoms with van der Waals surface area (Å²) in [5.74, 6) is 6.82. The summed E-state index contributed by atoms with van der Waals surface area (Å²) >= 11 is 0. The second-order valence-electron chi connectivity index (χ2n) is 5.78. The van der Waals surface area contributed by atoms with Crippen molar-refractivity contribution in [3.05, 3.63) is 0 Å². The minimum Gasteiger partial charge on any atom is -0.343 e. The van der Waals surface area contributed by atoms with Gasteiger partial charge >= 0.3 is 0 Å². The highest BCUT2D eigenvalue weighted by Crippen LogP contribution is 2.19. The number of carbonyl (C=O) groups excluding carboxylic acids is 1. The van der Waals surface area contributed by atoms with Gasteiger partial charge in [-0.25, -0.2) is 0 Å². The highest BCUT2D eigenvalue weighted by Gasteiger charge is 2.23. The Hall–Kier alpha value is -1.01. The number of amides is 1. The fraction of sp³-hybridized carbons (Fsp3) is 0.812. The van der Waals surface area contributed by atoms with Crippen LogP contribution in [0.1, 0.15) is 46.5 Å². The maximum atomic E-state index is 12.0. The normalized spacial score (nSPS) is 16.6. The number of piperidine rings is 1. The van der Waals surface area contributed by atoms with Crippen molar-refractivity contribution in [2.45, 2.75) is 52.5 Å². The predicted molar refractivity (Wildman–Crippen MR) is 79.8 cm³/mol. The van der Waals surface area contributed by atoms with E-state index in [1.54, 1.807) is 0 Å². The molecule has 0 radical (unpaired) electrons. The van der Waals surface area contributed by atoms with Crippen molar-refractivity contribution in [3.8, 4) is 11.8 Å². The molecule has 1 aliphatic heterocycles. The fourth-order valence-corrected chi connectivity index (χ4v) is 2.44. The zero-order valence-electron chi connectivity index (χ0n) is 12.9. The van der Waals surface area contributed by atoms with E-state index in [9.17, 15) is 4.79 Å². The first-order chi connectivity index (χ1) is 9.04. The number of carbonyl (C=O) groups is 1. The van der Waals surface area contributed by atoms with Gasteiger partial charge < -0.3 is 9.80 Å². The van der Waals surface area contributed by atoms with Crippen LogP contribution in [0.4, 0.5) is 0 Å². The Bertz CT molecular complexity index is 332. The lowest BCUT2D eigenvalue weighted by Crippen LogP contribution is -2.42. The van der Waals surface area contributed by atoms with E-state index in [-0.39, 0.29) is 5.91 Å². The summed E-state index contributed by atoms with van der Waals surface area (Å²) in [6, 6.07) is 0.604. The summed E-state index contributed by atoms with van der Waals surface area (Å²) in [4.78, 5) is 16.4. The molecule has 0 saturated carbocycles. The van der Waals surface area contributed by atoms with E-state index in [2.05, 4.69) is 37.6 Å². The van der Waals surface area contributed by atoms with Gasteiger partial charge in [0.25, 0.3) is 0 Å². The van der Waals surface area contributed by atoms with E-state index in [4.69, 9.17) is 0 Å². The SMILES string of the molecule is CC#CCCC(=O)N1CCC(CN(C)C(C)C)CC1. The van der Waals surface area contributed by atoms with Crippen LogP contribution < -0.4 is 0 Å². The third kappa shape index (κ3) is 5.65. The third-order valence-electron chi connectivity index (χ3n) is 4.04. The molecule has 0 atom stereocenters. The smallest absolute Gasteiger partial charge is 0.223 e. The molecule has 0 aromatic carbocycles. The molecule has 108 valence electrons. The Kier molecular flexibility index (Phi) is 6.94. The highest BCUT2D eigenvalue weighted by atomic mass is 16.2. The van der Waals surface area contributed by atoms with Crippen molar-refractivity contribution in [2.24, 2.45) is 5.92 Å². The number of rotatable bonds is 5. The molecule has 1 aliphatic rings. The summed E-state index contributed by atoms with van der Waals surface area (Å²) in [5, 5.41) is 0. The molecule has 1 saturated heterocycles. The standard InChI is InChI=1S/C16H28N2O/c1-5-6-7-8-16(19)18-11-9-15(10-12-18)13-17(4)14(2)3/h14-15H,7-13H2,1-4H3. The van der Waals surface area contributed by atoms with Crippen LogP contribution in [0, 0.1) is 17.8 Å². The lowest BCUT2D eigenvalue weighted by molar-refractivity contribution is -0.132. The molecule has 1 fully saturated rings. The fourth-order valence-electron chi connectivity index (χ4n) is 2.44. The first-order valence-electron chi connectivity index (χ1n) is 7.42. The largest absolute Gasteiger partial charge is 0.343 e. The van der Waals surface area contributed by atoms with Gasteiger partial charge in [0.1, 0.15) is 0 Å². The predicted octanol–water partition coefficient (Wildman–Crippen LogP) is 2.37. The van der Waals surface area contributed by atoms with E-state index >= 15 is 0 Å². The minimum absolute atomic E-state index is 0.276. The van der Waals surface area contributed by atoms with Crippen LogP contribution in [0.3, 0.4) is 0 Å². The molecule has 0 aromatic heterocycles. The van der Waals surface area contributed by atoms with Crippen molar-refractivity contribution in [2.75, 3.05) is 26.7 Å². The van der Waals surface area contributed by atoms with Gasteiger partial charge in [-0.15, -0.1) is 11.8 Å². The van der Waals surface area contributed by atoms with Gasteiger partial charge in [-0.1, -0.05) is 0 Å². The van der Waals surface area contributed by atoms with Crippen molar-refractivity contribution >= 4 is 5.91 Å². The highest BCUT2D eigenvalue weighted by molar-refractivity contribution is 5.76. The summed E-state index contributed by atoms with van der Waals surface area (Å²) in [7, 11) is 2.19. The Labute approximate surface area is 118 Å². The number of nitrogens with zero attached hydrogens (tertiary/aromatic N) is 2. The van der Waals surface area contributed by atoms with Crippen LogP contribution in [0.15, 0.2) is 0 Å². The van der Waals surface area contributed by atoms with Crippen LogP contribution in [0.5, 0.6) is 0 Å². The maximum Gasteiger partial charge on any atom is 0.223 e.